The second kappa shape index (κ2) is 7.74. The molecule has 1 unspecified atom stereocenters. The molecule has 1 fully saturated rings. The zero-order valence-corrected chi connectivity index (χ0v) is 16.6. The topological polar surface area (TPSA) is 83.9 Å². The molecule has 0 saturated carbocycles. The number of amides is 1. The van der Waals surface area contributed by atoms with Crippen molar-refractivity contribution < 1.29 is 4.79 Å². The minimum atomic E-state index is -0.225. The van der Waals surface area contributed by atoms with E-state index in [1.807, 2.05) is 47.4 Å². The molecule has 0 aliphatic carbocycles. The van der Waals surface area contributed by atoms with Crippen molar-refractivity contribution in [2.75, 3.05) is 13.1 Å². The van der Waals surface area contributed by atoms with Gasteiger partial charge in [0.15, 0.2) is 0 Å². The van der Waals surface area contributed by atoms with Gasteiger partial charge in [0, 0.05) is 24.9 Å². The zero-order valence-electron chi connectivity index (χ0n) is 16.6. The van der Waals surface area contributed by atoms with Crippen LogP contribution in [0.5, 0.6) is 0 Å². The van der Waals surface area contributed by atoms with Gasteiger partial charge in [-0.1, -0.05) is 30.3 Å². The standard InChI is InChI=1S/C23H23N5O2/c29-22(15-28-23(30)18-8-2-1-7-17(18)13-24-28)27-11-5-6-16(14-27)12-21-25-19-9-3-4-10-20(19)26-21/h1-4,7-10,13,16H,5-6,11-12,14-15H2,(H,25,26). The van der Waals surface area contributed by atoms with Crippen LogP contribution in [0.15, 0.2) is 59.5 Å². The highest BCUT2D eigenvalue weighted by atomic mass is 16.2. The third kappa shape index (κ3) is 3.58. The van der Waals surface area contributed by atoms with Gasteiger partial charge in [0.2, 0.25) is 5.91 Å². The van der Waals surface area contributed by atoms with Crippen molar-refractivity contribution in [2.45, 2.75) is 25.8 Å². The number of para-hydroxylation sites is 2. The fraction of sp³-hybridized carbons (Fsp3) is 0.304. The molecule has 1 amide bonds. The first-order chi connectivity index (χ1) is 14.7. The van der Waals surface area contributed by atoms with Gasteiger partial charge in [-0.3, -0.25) is 9.59 Å². The number of H-pyrrole nitrogens is 1. The molecule has 152 valence electrons. The highest BCUT2D eigenvalue weighted by Gasteiger charge is 2.25. The first kappa shape index (κ1) is 18.5. The van der Waals surface area contributed by atoms with Crippen molar-refractivity contribution in [2.24, 2.45) is 5.92 Å². The van der Waals surface area contributed by atoms with E-state index in [1.165, 1.54) is 4.68 Å². The third-order valence-electron chi connectivity index (χ3n) is 5.84. The molecule has 1 aliphatic heterocycles. The van der Waals surface area contributed by atoms with Crippen molar-refractivity contribution in [3.63, 3.8) is 0 Å². The number of aromatic nitrogens is 4. The molecule has 1 aliphatic rings. The maximum atomic E-state index is 12.9. The lowest BCUT2D eigenvalue weighted by Gasteiger charge is -2.32. The van der Waals surface area contributed by atoms with Gasteiger partial charge in [0.25, 0.3) is 5.56 Å². The molecule has 0 radical (unpaired) electrons. The molecule has 5 rings (SSSR count). The Hall–Kier alpha value is -3.48. The van der Waals surface area contributed by atoms with Crippen LogP contribution in [0.4, 0.5) is 0 Å². The van der Waals surface area contributed by atoms with Crippen LogP contribution in [-0.2, 0) is 17.8 Å². The Balaban J connectivity index is 1.28. The average Bonchev–Trinajstić information content (AvgIpc) is 3.18. The predicted octanol–water partition coefficient (Wildman–Crippen LogP) is 2.75. The maximum absolute atomic E-state index is 12.9. The van der Waals surface area contributed by atoms with Gasteiger partial charge >= 0.3 is 0 Å². The molecule has 2 aromatic carbocycles. The number of fused-ring (bicyclic) bond motifs is 2. The van der Waals surface area contributed by atoms with Crippen LogP contribution >= 0.6 is 0 Å². The van der Waals surface area contributed by atoms with Gasteiger partial charge < -0.3 is 9.88 Å². The molecular formula is C23H23N5O2. The second-order valence-corrected chi connectivity index (χ2v) is 7.95. The second-order valence-electron chi connectivity index (χ2n) is 7.95. The number of piperidine rings is 1. The van der Waals surface area contributed by atoms with Gasteiger partial charge in [0.1, 0.15) is 12.4 Å². The number of hydrogen-bond donors (Lipinski definition) is 1. The lowest BCUT2D eigenvalue weighted by atomic mass is 9.94. The van der Waals surface area contributed by atoms with Crippen LogP contribution in [-0.4, -0.2) is 43.6 Å². The largest absolute Gasteiger partial charge is 0.342 e. The summed E-state index contributed by atoms with van der Waals surface area (Å²) in [5.41, 5.74) is 1.79. The minimum Gasteiger partial charge on any atom is -0.342 e. The monoisotopic (exact) mass is 401 g/mol. The molecule has 2 aromatic heterocycles. The first-order valence-electron chi connectivity index (χ1n) is 10.3. The van der Waals surface area contributed by atoms with Gasteiger partial charge in [-0.15, -0.1) is 0 Å². The predicted molar refractivity (Wildman–Crippen MR) is 115 cm³/mol. The van der Waals surface area contributed by atoms with Crippen LogP contribution < -0.4 is 5.56 Å². The third-order valence-corrected chi connectivity index (χ3v) is 5.84. The van der Waals surface area contributed by atoms with E-state index in [0.717, 1.165) is 48.1 Å². The summed E-state index contributed by atoms with van der Waals surface area (Å²) >= 11 is 0. The Labute approximate surface area is 173 Å². The van der Waals surface area contributed by atoms with E-state index >= 15 is 0 Å². The summed E-state index contributed by atoms with van der Waals surface area (Å²) < 4.78 is 1.27. The molecule has 1 atom stereocenters. The Kier molecular flexibility index (Phi) is 4.78. The van der Waals surface area contributed by atoms with Crippen LogP contribution in [0.25, 0.3) is 21.8 Å². The molecule has 30 heavy (non-hydrogen) atoms. The van der Waals surface area contributed by atoms with Crippen molar-refractivity contribution in [1.82, 2.24) is 24.6 Å². The molecular weight excluding hydrogens is 378 g/mol. The first-order valence-corrected chi connectivity index (χ1v) is 10.3. The molecule has 7 nitrogen and oxygen atoms in total. The smallest absolute Gasteiger partial charge is 0.275 e. The van der Waals surface area contributed by atoms with Crippen LogP contribution in [0.1, 0.15) is 18.7 Å². The lowest BCUT2D eigenvalue weighted by Crippen LogP contribution is -2.43. The Morgan fingerprint density at radius 3 is 2.87 bits per heavy atom. The Morgan fingerprint density at radius 1 is 1.13 bits per heavy atom. The number of aromatic amines is 1. The SMILES string of the molecule is O=C(Cn1ncc2ccccc2c1=O)N1CCCC(Cc2nc3ccccc3[nH]2)C1. The molecule has 3 heterocycles. The van der Waals surface area contributed by atoms with Gasteiger partial charge in [-0.2, -0.15) is 5.10 Å². The van der Waals surface area contributed by atoms with Gasteiger partial charge in [-0.25, -0.2) is 9.67 Å². The summed E-state index contributed by atoms with van der Waals surface area (Å²) in [4.78, 5) is 35.5. The van der Waals surface area contributed by atoms with Gasteiger partial charge in [-0.05, 0) is 37.0 Å². The number of rotatable bonds is 4. The Bertz CT molecular complexity index is 1240. The van der Waals surface area contributed by atoms with E-state index in [4.69, 9.17) is 0 Å². The van der Waals surface area contributed by atoms with Crippen LogP contribution in [0.2, 0.25) is 0 Å². The van der Waals surface area contributed by atoms with E-state index in [2.05, 4.69) is 15.1 Å². The quantitative estimate of drug-likeness (QED) is 0.570. The van der Waals surface area contributed by atoms with Crippen molar-refractivity contribution in [3.8, 4) is 0 Å². The number of benzene rings is 2. The van der Waals surface area contributed by atoms with Crippen molar-refractivity contribution in [3.05, 3.63) is 70.9 Å². The van der Waals surface area contributed by atoms with Crippen LogP contribution in [0.3, 0.4) is 0 Å². The number of carbonyl (C=O) groups excluding carboxylic acids is 1. The minimum absolute atomic E-state index is 0.0268. The summed E-state index contributed by atoms with van der Waals surface area (Å²) in [5.74, 6) is 1.25. The number of nitrogens with zero attached hydrogens (tertiary/aromatic N) is 4. The van der Waals surface area contributed by atoms with E-state index < -0.39 is 0 Å². The molecule has 1 N–H and O–H groups in total. The molecule has 7 heteroatoms. The summed E-state index contributed by atoms with van der Waals surface area (Å²) in [7, 11) is 0. The summed E-state index contributed by atoms with van der Waals surface area (Å²) in [6, 6.07) is 15.3. The van der Waals surface area contributed by atoms with Crippen LogP contribution in [0, 0.1) is 5.92 Å². The molecule has 0 bridgehead atoms. The van der Waals surface area contributed by atoms with Crippen molar-refractivity contribution in [1.29, 1.82) is 0 Å². The van der Waals surface area contributed by atoms with E-state index in [0.29, 0.717) is 17.8 Å². The summed E-state index contributed by atoms with van der Waals surface area (Å²) in [6.45, 7) is 1.37. The number of nitrogens with one attached hydrogen (secondary N) is 1. The summed E-state index contributed by atoms with van der Waals surface area (Å²) in [5, 5.41) is 5.57. The molecule has 1 saturated heterocycles. The average molecular weight is 401 g/mol. The lowest BCUT2D eigenvalue weighted by molar-refractivity contribution is -0.133. The highest BCUT2D eigenvalue weighted by Crippen LogP contribution is 2.21. The fourth-order valence-electron chi connectivity index (χ4n) is 4.30. The number of likely N-dealkylation sites (tertiary alicyclic amines) is 1. The molecule has 4 aromatic rings. The molecule has 0 spiro atoms. The Morgan fingerprint density at radius 2 is 1.97 bits per heavy atom. The normalized spacial score (nSPS) is 16.9. The van der Waals surface area contributed by atoms with E-state index in [1.54, 1.807) is 12.3 Å². The van der Waals surface area contributed by atoms with E-state index in [-0.39, 0.29) is 18.0 Å². The van der Waals surface area contributed by atoms with E-state index in [9.17, 15) is 9.59 Å². The van der Waals surface area contributed by atoms with Gasteiger partial charge in [0.05, 0.1) is 22.6 Å². The number of carbonyl (C=O) groups is 1. The fourth-order valence-corrected chi connectivity index (χ4v) is 4.30. The highest BCUT2D eigenvalue weighted by molar-refractivity contribution is 5.81. The number of hydrogen-bond acceptors (Lipinski definition) is 4. The summed E-state index contributed by atoms with van der Waals surface area (Å²) in [6.07, 6.45) is 4.48. The zero-order chi connectivity index (χ0) is 20.5. The number of imidazole rings is 1. The van der Waals surface area contributed by atoms with Crippen molar-refractivity contribution >= 4 is 27.7 Å². The maximum Gasteiger partial charge on any atom is 0.275 e.